The molecule has 0 radical (unpaired) electrons. The summed E-state index contributed by atoms with van der Waals surface area (Å²) in [6.07, 6.45) is 0. The Hall–Kier alpha value is -1.73. The van der Waals surface area contributed by atoms with E-state index < -0.39 is 5.97 Å². The summed E-state index contributed by atoms with van der Waals surface area (Å²) >= 11 is 4.70. The molecule has 0 N–H and O–H groups in total. The van der Waals surface area contributed by atoms with Gasteiger partial charge in [0.25, 0.3) is 5.91 Å². The molecule has 0 saturated carbocycles. The highest BCUT2D eigenvalue weighted by Gasteiger charge is 2.21. The lowest BCUT2D eigenvalue weighted by molar-refractivity contribution is 0.0594. The summed E-state index contributed by atoms with van der Waals surface area (Å²) < 4.78 is 5.57. The van der Waals surface area contributed by atoms with Gasteiger partial charge in [0.15, 0.2) is 5.69 Å². The summed E-state index contributed by atoms with van der Waals surface area (Å²) in [5, 5.41) is 2.34. The molecule has 0 saturated heterocycles. The Kier molecular flexibility index (Phi) is 5.90. The molecule has 2 aromatic rings. The lowest BCUT2D eigenvalue weighted by Crippen LogP contribution is -2.36. The number of ether oxygens (including phenoxy) is 1. The maximum atomic E-state index is 12.7. The van der Waals surface area contributed by atoms with Crippen LogP contribution in [0, 0.1) is 0 Å². The van der Waals surface area contributed by atoms with Crippen LogP contribution in [-0.4, -0.2) is 34.9 Å². The lowest BCUT2D eigenvalue weighted by atomic mass is 10.1. The van der Waals surface area contributed by atoms with E-state index in [0.717, 1.165) is 4.47 Å². The molecular weight excluding hydrogens is 380 g/mol. The maximum Gasteiger partial charge on any atom is 0.357 e. The summed E-state index contributed by atoms with van der Waals surface area (Å²) in [4.78, 5) is 30.1. The number of thiazole rings is 1. The number of amides is 1. The molecule has 0 unspecified atom stereocenters. The van der Waals surface area contributed by atoms with Crippen molar-refractivity contribution in [3.8, 4) is 0 Å². The highest BCUT2D eigenvalue weighted by molar-refractivity contribution is 9.10. The van der Waals surface area contributed by atoms with Crippen molar-refractivity contribution in [1.82, 2.24) is 9.88 Å². The molecule has 5 nitrogen and oxygen atoms in total. The molecule has 1 heterocycles. The van der Waals surface area contributed by atoms with Crippen molar-refractivity contribution in [3.63, 3.8) is 0 Å². The van der Waals surface area contributed by atoms with Crippen LogP contribution in [0.2, 0.25) is 0 Å². The van der Waals surface area contributed by atoms with E-state index in [-0.39, 0.29) is 17.6 Å². The van der Waals surface area contributed by atoms with Gasteiger partial charge in [-0.25, -0.2) is 9.78 Å². The first-order chi connectivity index (χ1) is 10.9. The number of benzene rings is 1. The van der Waals surface area contributed by atoms with E-state index >= 15 is 0 Å². The fourth-order valence-corrected chi connectivity index (χ4v) is 3.00. The van der Waals surface area contributed by atoms with Crippen LogP contribution >= 0.6 is 27.3 Å². The number of hydrogen-bond donors (Lipinski definition) is 0. The number of carbonyl (C=O) groups is 2. The van der Waals surface area contributed by atoms with Crippen LogP contribution < -0.4 is 0 Å². The Morgan fingerprint density at radius 3 is 2.52 bits per heavy atom. The molecule has 23 heavy (non-hydrogen) atoms. The predicted molar refractivity (Wildman–Crippen MR) is 92.6 cm³/mol. The van der Waals surface area contributed by atoms with Crippen molar-refractivity contribution >= 4 is 39.1 Å². The minimum Gasteiger partial charge on any atom is -0.464 e. The van der Waals surface area contributed by atoms with Gasteiger partial charge in [-0.2, -0.15) is 0 Å². The highest BCUT2D eigenvalue weighted by atomic mass is 79.9. The van der Waals surface area contributed by atoms with Crippen LogP contribution in [0.1, 0.15) is 39.7 Å². The molecule has 1 amide bonds. The standard InChI is InChI=1S/C16H17BrN2O3S/c1-10(2)19(15(20)11-4-6-12(17)7-5-11)8-14-18-13(9-23-14)16(21)22-3/h4-7,9-10H,8H2,1-3H3. The molecule has 0 spiro atoms. The minimum atomic E-state index is -0.470. The van der Waals surface area contributed by atoms with Crippen molar-refractivity contribution in [2.75, 3.05) is 7.11 Å². The van der Waals surface area contributed by atoms with Gasteiger partial charge in [0.2, 0.25) is 0 Å². The molecule has 1 aromatic heterocycles. The molecule has 0 bridgehead atoms. The smallest absolute Gasteiger partial charge is 0.357 e. The number of rotatable bonds is 5. The van der Waals surface area contributed by atoms with Crippen molar-refractivity contribution < 1.29 is 14.3 Å². The first-order valence-corrected chi connectivity index (χ1v) is 8.69. The second kappa shape index (κ2) is 7.70. The molecule has 0 aliphatic heterocycles. The zero-order chi connectivity index (χ0) is 17.0. The zero-order valence-corrected chi connectivity index (χ0v) is 15.5. The fraction of sp³-hybridized carbons (Fsp3) is 0.312. The number of nitrogens with zero attached hydrogens (tertiary/aromatic N) is 2. The second-order valence-electron chi connectivity index (χ2n) is 5.15. The van der Waals surface area contributed by atoms with Gasteiger partial charge in [-0.15, -0.1) is 11.3 Å². The van der Waals surface area contributed by atoms with E-state index in [2.05, 4.69) is 25.7 Å². The Morgan fingerprint density at radius 2 is 1.96 bits per heavy atom. The van der Waals surface area contributed by atoms with Crippen LogP contribution in [-0.2, 0) is 11.3 Å². The quantitative estimate of drug-likeness (QED) is 0.722. The molecule has 0 fully saturated rings. The highest BCUT2D eigenvalue weighted by Crippen LogP contribution is 2.18. The van der Waals surface area contributed by atoms with Gasteiger partial charge in [0, 0.05) is 21.5 Å². The Labute approximate surface area is 147 Å². The van der Waals surface area contributed by atoms with Crippen LogP contribution in [0.3, 0.4) is 0 Å². The van der Waals surface area contributed by atoms with Crippen LogP contribution in [0.5, 0.6) is 0 Å². The van der Waals surface area contributed by atoms with Crippen LogP contribution in [0.15, 0.2) is 34.1 Å². The van der Waals surface area contributed by atoms with E-state index in [1.165, 1.54) is 18.4 Å². The molecule has 0 atom stereocenters. The number of esters is 1. The lowest BCUT2D eigenvalue weighted by Gasteiger charge is -2.26. The van der Waals surface area contributed by atoms with E-state index in [0.29, 0.717) is 17.1 Å². The van der Waals surface area contributed by atoms with E-state index in [1.54, 1.807) is 22.4 Å². The number of carbonyl (C=O) groups excluding carboxylic acids is 2. The summed E-state index contributed by atoms with van der Waals surface area (Å²) in [7, 11) is 1.32. The monoisotopic (exact) mass is 396 g/mol. The van der Waals surface area contributed by atoms with Gasteiger partial charge in [-0.05, 0) is 38.1 Å². The molecule has 7 heteroatoms. The van der Waals surface area contributed by atoms with Crippen molar-refractivity contribution in [2.24, 2.45) is 0 Å². The SMILES string of the molecule is COC(=O)c1csc(CN(C(=O)c2ccc(Br)cc2)C(C)C)n1. The van der Waals surface area contributed by atoms with Gasteiger partial charge >= 0.3 is 5.97 Å². The number of hydrogen-bond acceptors (Lipinski definition) is 5. The van der Waals surface area contributed by atoms with E-state index in [4.69, 9.17) is 0 Å². The second-order valence-corrected chi connectivity index (χ2v) is 7.01. The van der Waals surface area contributed by atoms with Gasteiger partial charge in [-0.3, -0.25) is 4.79 Å². The third-order valence-corrected chi connectivity index (χ3v) is 4.59. The third kappa shape index (κ3) is 4.39. The molecule has 2 rings (SSSR count). The number of methoxy groups -OCH3 is 1. The Balaban J connectivity index is 2.18. The zero-order valence-electron chi connectivity index (χ0n) is 13.1. The number of aromatic nitrogens is 1. The largest absolute Gasteiger partial charge is 0.464 e. The first-order valence-electron chi connectivity index (χ1n) is 7.01. The Morgan fingerprint density at radius 1 is 1.30 bits per heavy atom. The third-order valence-electron chi connectivity index (χ3n) is 3.23. The topological polar surface area (TPSA) is 59.5 Å². The summed E-state index contributed by atoms with van der Waals surface area (Å²) in [5.41, 5.74) is 0.888. The average Bonchev–Trinajstić information content (AvgIpc) is 3.00. The molecule has 122 valence electrons. The Bertz CT molecular complexity index is 698. The summed E-state index contributed by atoms with van der Waals surface area (Å²) in [6, 6.07) is 7.25. The van der Waals surface area contributed by atoms with Gasteiger partial charge < -0.3 is 9.64 Å². The summed E-state index contributed by atoms with van der Waals surface area (Å²) in [6.45, 7) is 4.26. The van der Waals surface area contributed by atoms with Gasteiger partial charge in [-0.1, -0.05) is 15.9 Å². The van der Waals surface area contributed by atoms with E-state index in [1.807, 2.05) is 26.0 Å². The van der Waals surface area contributed by atoms with Crippen molar-refractivity contribution in [1.29, 1.82) is 0 Å². The first kappa shape index (κ1) is 17.6. The predicted octanol–water partition coefficient (Wildman–Crippen LogP) is 3.74. The summed E-state index contributed by atoms with van der Waals surface area (Å²) in [5.74, 6) is -0.537. The van der Waals surface area contributed by atoms with Crippen LogP contribution in [0.4, 0.5) is 0 Å². The van der Waals surface area contributed by atoms with E-state index in [9.17, 15) is 9.59 Å². The minimum absolute atomic E-state index is 0.0108. The van der Waals surface area contributed by atoms with Gasteiger partial charge in [0.05, 0.1) is 13.7 Å². The van der Waals surface area contributed by atoms with Crippen LogP contribution in [0.25, 0.3) is 0 Å². The average molecular weight is 397 g/mol. The fourth-order valence-electron chi connectivity index (χ4n) is 1.97. The molecular formula is C16H17BrN2O3S. The van der Waals surface area contributed by atoms with Crippen molar-refractivity contribution in [3.05, 3.63) is 50.4 Å². The molecule has 0 aliphatic carbocycles. The van der Waals surface area contributed by atoms with Gasteiger partial charge in [0.1, 0.15) is 5.01 Å². The normalized spacial score (nSPS) is 10.7. The number of halogens is 1. The van der Waals surface area contributed by atoms with Crippen molar-refractivity contribution in [2.45, 2.75) is 26.4 Å². The maximum absolute atomic E-state index is 12.7. The molecule has 1 aromatic carbocycles. The molecule has 0 aliphatic rings.